The van der Waals surface area contributed by atoms with Crippen LogP contribution >= 0.6 is 0 Å². The predicted molar refractivity (Wildman–Crippen MR) is 98.9 cm³/mol. The van der Waals surface area contributed by atoms with Gasteiger partial charge in [-0.3, -0.25) is 4.79 Å². The molecule has 140 valence electrons. The second-order valence-electron chi connectivity index (χ2n) is 7.63. The van der Waals surface area contributed by atoms with Gasteiger partial charge in [0.05, 0.1) is 0 Å². The summed E-state index contributed by atoms with van der Waals surface area (Å²) in [6, 6.07) is 0.469. The van der Waals surface area contributed by atoms with Crippen LogP contribution in [0.25, 0.3) is 0 Å². The Bertz CT molecular complexity index is 366. The van der Waals surface area contributed by atoms with Gasteiger partial charge >= 0.3 is 6.03 Å². The number of hydrogen-bond acceptors (Lipinski definition) is 2. The van der Waals surface area contributed by atoms with Crippen LogP contribution in [-0.4, -0.2) is 30.6 Å². The van der Waals surface area contributed by atoms with Crippen LogP contribution in [-0.2, 0) is 4.79 Å². The van der Waals surface area contributed by atoms with Crippen LogP contribution in [0.2, 0.25) is 0 Å². The zero-order valence-corrected chi connectivity index (χ0v) is 15.8. The molecule has 5 heteroatoms. The largest absolute Gasteiger partial charge is 0.354 e. The van der Waals surface area contributed by atoms with Crippen LogP contribution in [0.3, 0.4) is 0 Å². The Labute approximate surface area is 147 Å². The molecule has 0 bridgehead atoms. The zero-order valence-electron chi connectivity index (χ0n) is 15.8. The monoisotopic (exact) mass is 339 g/mol. The average Bonchev–Trinajstić information content (AvgIpc) is 2.52. The highest BCUT2D eigenvalue weighted by molar-refractivity contribution is 5.76. The van der Waals surface area contributed by atoms with Gasteiger partial charge in [0.2, 0.25) is 5.91 Å². The zero-order chi connectivity index (χ0) is 17.8. The van der Waals surface area contributed by atoms with Crippen molar-refractivity contribution in [1.29, 1.82) is 0 Å². The first-order valence-corrected chi connectivity index (χ1v) is 9.81. The summed E-state index contributed by atoms with van der Waals surface area (Å²) >= 11 is 0. The summed E-state index contributed by atoms with van der Waals surface area (Å²) in [7, 11) is 0. The van der Waals surface area contributed by atoms with Gasteiger partial charge in [-0.05, 0) is 38.5 Å². The first-order chi connectivity index (χ1) is 11.5. The third-order valence-corrected chi connectivity index (χ3v) is 4.63. The highest BCUT2D eigenvalue weighted by Gasteiger charge is 2.15. The van der Waals surface area contributed by atoms with Gasteiger partial charge in [0.1, 0.15) is 0 Å². The van der Waals surface area contributed by atoms with E-state index in [0.717, 1.165) is 31.6 Å². The first kappa shape index (κ1) is 20.8. The second-order valence-corrected chi connectivity index (χ2v) is 7.63. The van der Waals surface area contributed by atoms with Crippen molar-refractivity contribution in [3.63, 3.8) is 0 Å². The normalized spacial score (nSPS) is 16.7. The summed E-state index contributed by atoms with van der Waals surface area (Å²) in [6.07, 6.45) is 10.4. The molecule has 0 aromatic carbocycles. The number of nitrogens with one attached hydrogen (secondary N) is 3. The molecule has 1 fully saturated rings. The second kappa shape index (κ2) is 12.2. The van der Waals surface area contributed by atoms with Gasteiger partial charge in [-0.15, -0.1) is 0 Å². The van der Waals surface area contributed by atoms with E-state index in [1.165, 1.54) is 25.7 Å². The fraction of sp³-hybridized carbons (Fsp3) is 0.895. The molecule has 1 saturated carbocycles. The highest BCUT2D eigenvalue weighted by Crippen LogP contribution is 2.17. The summed E-state index contributed by atoms with van der Waals surface area (Å²) < 4.78 is 0. The Morgan fingerprint density at radius 3 is 2.38 bits per heavy atom. The molecule has 0 spiro atoms. The minimum Gasteiger partial charge on any atom is -0.354 e. The summed E-state index contributed by atoms with van der Waals surface area (Å²) in [5.74, 6) is 0.806. The lowest BCUT2D eigenvalue weighted by molar-refractivity contribution is -0.121. The molecule has 0 heterocycles. The molecule has 1 aliphatic carbocycles. The number of carbonyl (C=O) groups excluding carboxylic acids is 2. The van der Waals surface area contributed by atoms with Crippen molar-refractivity contribution in [1.82, 2.24) is 16.0 Å². The number of hydrogen-bond donors (Lipinski definition) is 3. The molecular formula is C19H37N3O2. The lowest BCUT2D eigenvalue weighted by atomic mass is 9.96. The number of rotatable bonds is 10. The van der Waals surface area contributed by atoms with Crippen molar-refractivity contribution in [3.05, 3.63) is 0 Å². The number of urea groups is 1. The van der Waals surface area contributed by atoms with Gasteiger partial charge in [-0.2, -0.15) is 0 Å². The molecule has 0 aromatic heterocycles. The molecular weight excluding hydrogens is 302 g/mol. The van der Waals surface area contributed by atoms with E-state index in [9.17, 15) is 9.59 Å². The molecule has 1 rings (SSSR count). The smallest absolute Gasteiger partial charge is 0.315 e. The molecule has 0 radical (unpaired) electrons. The van der Waals surface area contributed by atoms with Crippen molar-refractivity contribution in [2.75, 3.05) is 6.54 Å². The first-order valence-electron chi connectivity index (χ1n) is 9.81. The minimum absolute atomic E-state index is 0.0848. The maximum absolute atomic E-state index is 11.9. The minimum atomic E-state index is -0.0932. The maximum atomic E-state index is 11.9. The van der Waals surface area contributed by atoms with Crippen LogP contribution in [0.15, 0.2) is 0 Å². The lowest BCUT2D eigenvalue weighted by Gasteiger charge is -2.22. The molecule has 0 saturated heterocycles. The Morgan fingerprint density at radius 2 is 1.71 bits per heavy atom. The van der Waals surface area contributed by atoms with Crippen molar-refractivity contribution in [2.45, 2.75) is 97.1 Å². The highest BCUT2D eigenvalue weighted by atomic mass is 16.2. The van der Waals surface area contributed by atoms with E-state index in [1.54, 1.807) is 0 Å². The quantitative estimate of drug-likeness (QED) is 0.531. The standard InChI is InChI=1S/C19H37N3O2/c1-15(2)9-7-10-16(3)21-18(23)13-8-14-20-19(24)22-17-11-5-4-6-12-17/h15-17H,4-14H2,1-3H3,(H,21,23)(H2,20,22,24). The van der Waals surface area contributed by atoms with Crippen molar-refractivity contribution in [3.8, 4) is 0 Å². The average molecular weight is 340 g/mol. The maximum Gasteiger partial charge on any atom is 0.315 e. The Kier molecular flexibility index (Phi) is 10.5. The van der Waals surface area contributed by atoms with Crippen LogP contribution in [0.1, 0.15) is 85.0 Å². The van der Waals surface area contributed by atoms with Gasteiger partial charge in [0.25, 0.3) is 0 Å². The fourth-order valence-corrected chi connectivity index (χ4v) is 3.19. The Morgan fingerprint density at radius 1 is 1.00 bits per heavy atom. The third-order valence-electron chi connectivity index (χ3n) is 4.63. The number of carbonyl (C=O) groups is 2. The predicted octanol–water partition coefficient (Wildman–Crippen LogP) is 3.73. The summed E-state index contributed by atoms with van der Waals surface area (Å²) in [4.78, 5) is 23.7. The van der Waals surface area contributed by atoms with Gasteiger partial charge in [0.15, 0.2) is 0 Å². The fourth-order valence-electron chi connectivity index (χ4n) is 3.19. The molecule has 1 unspecified atom stereocenters. The molecule has 0 aromatic rings. The third kappa shape index (κ3) is 10.5. The van der Waals surface area contributed by atoms with Crippen molar-refractivity contribution in [2.24, 2.45) is 5.92 Å². The van der Waals surface area contributed by atoms with E-state index in [4.69, 9.17) is 0 Å². The van der Waals surface area contributed by atoms with E-state index < -0.39 is 0 Å². The van der Waals surface area contributed by atoms with E-state index >= 15 is 0 Å². The summed E-state index contributed by atoms with van der Waals surface area (Å²) in [5.41, 5.74) is 0. The topological polar surface area (TPSA) is 70.2 Å². The van der Waals surface area contributed by atoms with Crippen molar-refractivity contribution < 1.29 is 9.59 Å². The molecule has 24 heavy (non-hydrogen) atoms. The SMILES string of the molecule is CC(C)CCCC(C)NC(=O)CCCNC(=O)NC1CCCCC1. The summed E-state index contributed by atoms with van der Waals surface area (Å²) in [6.45, 7) is 7.06. The van der Waals surface area contributed by atoms with Crippen LogP contribution < -0.4 is 16.0 Å². The van der Waals surface area contributed by atoms with Crippen LogP contribution in [0, 0.1) is 5.92 Å². The number of amides is 3. The lowest BCUT2D eigenvalue weighted by Crippen LogP contribution is -2.43. The molecule has 3 amide bonds. The van der Waals surface area contributed by atoms with E-state index in [1.807, 2.05) is 0 Å². The van der Waals surface area contributed by atoms with Crippen molar-refractivity contribution >= 4 is 11.9 Å². The molecule has 0 aliphatic heterocycles. The molecule has 1 atom stereocenters. The van der Waals surface area contributed by atoms with E-state index in [-0.39, 0.29) is 18.0 Å². The van der Waals surface area contributed by atoms with Gasteiger partial charge in [0, 0.05) is 25.0 Å². The molecule has 3 N–H and O–H groups in total. The van der Waals surface area contributed by atoms with Crippen LogP contribution in [0.5, 0.6) is 0 Å². The van der Waals surface area contributed by atoms with Gasteiger partial charge in [-0.25, -0.2) is 4.79 Å². The van der Waals surface area contributed by atoms with E-state index in [2.05, 4.69) is 36.7 Å². The molecule has 1 aliphatic rings. The van der Waals surface area contributed by atoms with E-state index in [0.29, 0.717) is 25.4 Å². The van der Waals surface area contributed by atoms with Gasteiger partial charge in [-0.1, -0.05) is 46.0 Å². The van der Waals surface area contributed by atoms with Crippen LogP contribution in [0.4, 0.5) is 4.79 Å². The Hall–Kier alpha value is -1.26. The summed E-state index contributed by atoms with van der Waals surface area (Å²) in [5, 5.41) is 8.92. The van der Waals surface area contributed by atoms with Gasteiger partial charge < -0.3 is 16.0 Å². The Balaban J connectivity index is 2.00. The molecule has 5 nitrogen and oxygen atoms in total.